The largest absolute Gasteiger partial charge is 0.348 e. The predicted octanol–water partition coefficient (Wildman–Crippen LogP) is 0.930. The van der Waals surface area contributed by atoms with Crippen LogP contribution >= 0.6 is 0 Å². The fraction of sp³-hybridized carbons (Fsp3) is 0.500. The summed E-state index contributed by atoms with van der Waals surface area (Å²) in [6, 6.07) is 6.76. The maximum Gasteiger partial charge on any atom is 0.253 e. The number of nitrogens with one attached hydrogen (secondary N) is 3. The molecule has 1 aliphatic rings. The van der Waals surface area contributed by atoms with Gasteiger partial charge in [0.2, 0.25) is 10.0 Å². The van der Waals surface area contributed by atoms with Gasteiger partial charge >= 0.3 is 0 Å². The maximum absolute atomic E-state index is 12.3. The molecule has 1 atom stereocenters. The summed E-state index contributed by atoms with van der Waals surface area (Å²) < 4.78 is 26.2. The first-order valence-corrected chi connectivity index (χ1v) is 8.78. The van der Waals surface area contributed by atoms with Gasteiger partial charge in [-0.25, -0.2) is 8.42 Å². The minimum atomic E-state index is -3.41. The zero-order valence-corrected chi connectivity index (χ0v) is 12.9. The van der Waals surface area contributed by atoms with Crippen LogP contribution in [0.15, 0.2) is 24.3 Å². The van der Waals surface area contributed by atoms with Gasteiger partial charge < -0.3 is 10.6 Å². The fourth-order valence-electron chi connectivity index (χ4n) is 2.30. The Kier molecular flexibility index (Phi) is 5.19. The molecule has 21 heavy (non-hydrogen) atoms. The van der Waals surface area contributed by atoms with Gasteiger partial charge in [0.15, 0.2) is 0 Å². The lowest BCUT2D eigenvalue weighted by molar-refractivity contribution is 0.0941. The minimum Gasteiger partial charge on any atom is -0.348 e. The molecule has 1 saturated heterocycles. The second kappa shape index (κ2) is 6.91. The molecule has 0 aliphatic carbocycles. The van der Waals surface area contributed by atoms with Gasteiger partial charge in [-0.2, -0.15) is 0 Å². The Morgan fingerprint density at radius 3 is 2.81 bits per heavy atom. The van der Waals surface area contributed by atoms with E-state index in [1.54, 1.807) is 31.2 Å². The van der Waals surface area contributed by atoms with E-state index in [9.17, 15) is 13.2 Å². The first-order chi connectivity index (χ1) is 10.0. The third kappa shape index (κ3) is 4.44. The van der Waals surface area contributed by atoms with Crippen LogP contribution in [0.3, 0.4) is 0 Å². The SMILES string of the molecule is CCCS(=O)(=O)Nc1ccccc1C(=O)NC1CCNC1. The number of para-hydroxylation sites is 1. The molecule has 0 spiro atoms. The highest BCUT2D eigenvalue weighted by Gasteiger charge is 2.20. The summed E-state index contributed by atoms with van der Waals surface area (Å²) in [6.45, 7) is 3.43. The topological polar surface area (TPSA) is 87.3 Å². The van der Waals surface area contributed by atoms with Crippen molar-refractivity contribution >= 4 is 21.6 Å². The first-order valence-electron chi connectivity index (χ1n) is 7.13. The summed E-state index contributed by atoms with van der Waals surface area (Å²) in [5.74, 6) is -0.214. The molecule has 0 bridgehead atoms. The van der Waals surface area contributed by atoms with Crippen LogP contribution < -0.4 is 15.4 Å². The molecule has 2 rings (SSSR count). The molecule has 116 valence electrons. The quantitative estimate of drug-likeness (QED) is 0.729. The highest BCUT2D eigenvalue weighted by Crippen LogP contribution is 2.17. The van der Waals surface area contributed by atoms with E-state index in [1.165, 1.54) is 0 Å². The minimum absolute atomic E-state index is 0.0372. The van der Waals surface area contributed by atoms with Crippen molar-refractivity contribution < 1.29 is 13.2 Å². The van der Waals surface area contributed by atoms with Gasteiger partial charge in [-0.1, -0.05) is 19.1 Å². The van der Waals surface area contributed by atoms with Crippen LogP contribution in [0, 0.1) is 0 Å². The smallest absolute Gasteiger partial charge is 0.253 e. The van der Waals surface area contributed by atoms with E-state index in [0.717, 1.165) is 19.5 Å². The number of sulfonamides is 1. The fourth-order valence-corrected chi connectivity index (χ4v) is 3.45. The monoisotopic (exact) mass is 311 g/mol. The van der Waals surface area contributed by atoms with Gasteiger partial charge in [0.1, 0.15) is 0 Å². The van der Waals surface area contributed by atoms with Crippen molar-refractivity contribution in [2.45, 2.75) is 25.8 Å². The van der Waals surface area contributed by atoms with Gasteiger partial charge in [-0.15, -0.1) is 0 Å². The van der Waals surface area contributed by atoms with Crippen molar-refractivity contribution in [3.8, 4) is 0 Å². The third-order valence-electron chi connectivity index (χ3n) is 3.31. The number of carbonyl (C=O) groups excluding carboxylic acids is 1. The molecule has 7 heteroatoms. The number of carbonyl (C=O) groups is 1. The summed E-state index contributed by atoms with van der Waals surface area (Å²) in [5, 5.41) is 6.09. The van der Waals surface area contributed by atoms with Crippen molar-refractivity contribution in [3.05, 3.63) is 29.8 Å². The summed E-state index contributed by atoms with van der Waals surface area (Å²) in [5.41, 5.74) is 0.679. The Bertz CT molecular complexity index is 595. The van der Waals surface area contributed by atoms with Crippen LogP contribution in [0.5, 0.6) is 0 Å². The zero-order chi connectivity index (χ0) is 15.3. The Hall–Kier alpha value is -1.60. The van der Waals surface area contributed by atoms with E-state index >= 15 is 0 Å². The van der Waals surface area contributed by atoms with E-state index in [0.29, 0.717) is 17.7 Å². The lowest BCUT2D eigenvalue weighted by atomic mass is 10.1. The van der Waals surface area contributed by atoms with Crippen molar-refractivity contribution in [2.75, 3.05) is 23.6 Å². The van der Waals surface area contributed by atoms with E-state index in [1.807, 2.05) is 0 Å². The predicted molar refractivity (Wildman–Crippen MR) is 82.9 cm³/mol. The van der Waals surface area contributed by atoms with E-state index in [4.69, 9.17) is 0 Å². The van der Waals surface area contributed by atoms with E-state index in [2.05, 4.69) is 15.4 Å². The lowest BCUT2D eigenvalue weighted by Crippen LogP contribution is -2.36. The number of benzene rings is 1. The molecular formula is C14H21N3O3S. The number of hydrogen-bond acceptors (Lipinski definition) is 4. The summed E-state index contributed by atoms with van der Waals surface area (Å²) >= 11 is 0. The highest BCUT2D eigenvalue weighted by atomic mass is 32.2. The molecular weight excluding hydrogens is 290 g/mol. The second-order valence-electron chi connectivity index (χ2n) is 5.13. The van der Waals surface area contributed by atoms with Crippen molar-refractivity contribution in [2.24, 2.45) is 0 Å². The standard InChI is InChI=1S/C14H21N3O3S/c1-2-9-21(19,20)17-13-6-4-3-5-12(13)14(18)16-11-7-8-15-10-11/h3-6,11,15,17H,2,7-10H2,1H3,(H,16,18). The average molecular weight is 311 g/mol. The van der Waals surface area contributed by atoms with Crippen molar-refractivity contribution in [1.82, 2.24) is 10.6 Å². The summed E-state index contributed by atoms with van der Waals surface area (Å²) in [7, 11) is -3.41. The molecule has 0 saturated carbocycles. The molecule has 1 aliphatic heterocycles. The van der Waals surface area contributed by atoms with Gasteiger partial charge in [-0.3, -0.25) is 9.52 Å². The second-order valence-corrected chi connectivity index (χ2v) is 6.97. The molecule has 3 N–H and O–H groups in total. The number of anilines is 1. The molecule has 1 fully saturated rings. The molecule has 1 amide bonds. The van der Waals surface area contributed by atoms with Crippen LogP contribution in [-0.2, 0) is 10.0 Å². The molecule has 1 heterocycles. The first kappa shape index (κ1) is 15.8. The molecule has 1 aromatic carbocycles. The number of amides is 1. The Morgan fingerprint density at radius 1 is 1.38 bits per heavy atom. The Labute approximate surface area is 125 Å². The van der Waals surface area contributed by atoms with Crippen molar-refractivity contribution in [3.63, 3.8) is 0 Å². The summed E-state index contributed by atoms with van der Waals surface area (Å²) in [6.07, 6.45) is 1.41. The molecule has 0 aromatic heterocycles. The molecule has 1 unspecified atom stereocenters. The maximum atomic E-state index is 12.3. The zero-order valence-electron chi connectivity index (χ0n) is 12.1. The molecule has 1 aromatic rings. The van der Waals surface area contributed by atoms with Gasteiger partial charge in [-0.05, 0) is 31.5 Å². The van der Waals surface area contributed by atoms with Crippen LogP contribution in [0.1, 0.15) is 30.1 Å². The average Bonchev–Trinajstić information content (AvgIpc) is 2.91. The lowest BCUT2D eigenvalue weighted by Gasteiger charge is -2.15. The molecule has 0 radical (unpaired) electrons. The summed E-state index contributed by atoms with van der Waals surface area (Å²) in [4.78, 5) is 12.3. The van der Waals surface area contributed by atoms with E-state index < -0.39 is 10.0 Å². The van der Waals surface area contributed by atoms with Gasteiger partial charge in [0.05, 0.1) is 17.0 Å². The molecule has 6 nitrogen and oxygen atoms in total. The normalized spacial score (nSPS) is 18.4. The Morgan fingerprint density at radius 2 is 2.14 bits per heavy atom. The third-order valence-corrected chi connectivity index (χ3v) is 4.78. The Balaban J connectivity index is 2.14. The van der Waals surface area contributed by atoms with Crippen LogP contribution in [-0.4, -0.2) is 39.2 Å². The van der Waals surface area contributed by atoms with Gasteiger partial charge in [0, 0.05) is 12.6 Å². The van der Waals surface area contributed by atoms with Crippen LogP contribution in [0.4, 0.5) is 5.69 Å². The van der Waals surface area contributed by atoms with E-state index in [-0.39, 0.29) is 17.7 Å². The van der Waals surface area contributed by atoms with Crippen molar-refractivity contribution in [1.29, 1.82) is 0 Å². The number of hydrogen-bond donors (Lipinski definition) is 3. The number of rotatable bonds is 6. The van der Waals surface area contributed by atoms with Crippen LogP contribution in [0.25, 0.3) is 0 Å². The van der Waals surface area contributed by atoms with Gasteiger partial charge in [0.25, 0.3) is 5.91 Å². The highest BCUT2D eigenvalue weighted by molar-refractivity contribution is 7.92. The van der Waals surface area contributed by atoms with Crippen LogP contribution in [0.2, 0.25) is 0 Å².